The number of benzene rings is 1. The molecule has 0 aliphatic carbocycles. The number of halogens is 1. The van der Waals surface area contributed by atoms with Gasteiger partial charge in [-0.2, -0.15) is 4.98 Å². The van der Waals surface area contributed by atoms with Crippen molar-refractivity contribution in [1.29, 1.82) is 0 Å². The maximum Gasteiger partial charge on any atom is 0.244 e. The van der Waals surface area contributed by atoms with Crippen LogP contribution >= 0.6 is 0 Å². The first kappa shape index (κ1) is 20.6. The summed E-state index contributed by atoms with van der Waals surface area (Å²) in [5.74, 6) is 1.43. The van der Waals surface area contributed by atoms with Crippen molar-refractivity contribution in [2.75, 3.05) is 38.7 Å². The smallest absolute Gasteiger partial charge is 0.244 e. The molecule has 3 aromatic heterocycles. The van der Waals surface area contributed by atoms with Gasteiger partial charge in [0.25, 0.3) is 0 Å². The Hall–Kier alpha value is -3.26. The molecular formula is C24H27FN6O. The molecule has 1 aromatic carbocycles. The van der Waals surface area contributed by atoms with Gasteiger partial charge in [-0.1, -0.05) is 19.1 Å². The summed E-state index contributed by atoms with van der Waals surface area (Å²) in [5, 5.41) is 9.27. The second kappa shape index (κ2) is 8.70. The first-order chi connectivity index (χ1) is 15.7. The van der Waals surface area contributed by atoms with E-state index in [9.17, 15) is 4.39 Å². The van der Waals surface area contributed by atoms with Crippen molar-refractivity contribution < 1.29 is 9.13 Å². The number of aromatic nitrogens is 4. The number of likely N-dealkylation sites (tertiary alicyclic amines) is 1. The molecule has 32 heavy (non-hydrogen) atoms. The van der Waals surface area contributed by atoms with Crippen molar-refractivity contribution in [3.8, 4) is 17.0 Å². The van der Waals surface area contributed by atoms with E-state index in [2.05, 4.69) is 45.3 Å². The molecule has 166 valence electrons. The standard InChI is InChI=1S/C24H27FN6O/c1-16-15-30(13-9-25)11-8-20(16)27-24-28-23(32-2)22-19(7-12-31(22)29-24)17-5-6-21-18(14-17)4-3-10-26-21/h3-7,10,12,14,16,20H,8-9,11,13,15H2,1-2H3,(H,27,29)/t16-,20+/m1/s1. The first-order valence-electron chi connectivity index (χ1n) is 11.0. The molecule has 4 aromatic rings. The second-order valence-corrected chi connectivity index (χ2v) is 8.38. The van der Waals surface area contributed by atoms with Crippen molar-refractivity contribution in [2.24, 2.45) is 5.92 Å². The highest BCUT2D eigenvalue weighted by Crippen LogP contribution is 2.33. The fourth-order valence-electron chi connectivity index (χ4n) is 4.61. The van der Waals surface area contributed by atoms with Gasteiger partial charge in [-0.25, -0.2) is 8.91 Å². The van der Waals surface area contributed by atoms with Crippen LogP contribution in [0.25, 0.3) is 27.5 Å². The maximum absolute atomic E-state index is 12.7. The number of hydrogen-bond acceptors (Lipinski definition) is 6. The third-order valence-corrected chi connectivity index (χ3v) is 6.29. The minimum atomic E-state index is -0.300. The monoisotopic (exact) mass is 434 g/mol. The molecule has 1 N–H and O–H groups in total. The molecule has 4 heterocycles. The molecule has 0 spiro atoms. The average Bonchev–Trinajstić information content (AvgIpc) is 3.24. The number of ether oxygens (including phenoxy) is 1. The third-order valence-electron chi connectivity index (χ3n) is 6.29. The van der Waals surface area contributed by atoms with Gasteiger partial charge in [-0.15, -0.1) is 5.10 Å². The molecule has 1 aliphatic rings. The van der Waals surface area contributed by atoms with E-state index in [1.54, 1.807) is 13.3 Å². The van der Waals surface area contributed by atoms with Gasteiger partial charge in [0.2, 0.25) is 11.8 Å². The Labute approximate surface area is 186 Å². The van der Waals surface area contributed by atoms with E-state index < -0.39 is 0 Å². The minimum absolute atomic E-state index is 0.232. The highest BCUT2D eigenvalue weighted by molar-refractivity contribution is 5.90. The van der Waals surface area contributed by atoms with Gasteiger partial charge in [0.05, 0.1) is 12.6 Å². The van der Waals surface area contributed by atoms with Crippen LogP contribution in [-0.2, 0) is 0 Å². The molecule has 0 unspecified atom stereocenters. The molecular weight excluding hydrogens is 407 g/mol. The molecule has 5 rings (SSSR count). The number of piperidine rings is 1. The van der Waals surface area contributed by atoms with E-state index in [1.165, 1.54) is 0 Å². The first-order valence-corrected chi connectivity index (χ1v) is 11.0. The van der Waals surface area contributed by atoms with Crippen LogP contribution in [0.5, 0.6) is 5.88 Å². The lowest BCUT2D eigenvalue weighted by Gasteiger charge is -2.36. The summed E-state index contributed by atoms with van der Waals surface area (Å²) >= 11 is 0. The molecule has 0 bridgehead atoms. The Morgan fingerprint density at radius 2 is 2.16 bits per heavy atom. The van der Waals surface area contributed by atoms with Gasteiger partial charge in [0.1, 0.15) is 12.2 Å². The Bertz CT molecular complexity index is 1240. The Morgan fingerprint density at radius 3 is 2.97 bits per heavy atom. The molecule has 7 nitrogen and oxygen atoms in total. The van der Waals surface area contributed by atoms with Gasteiger partial charge in [-0.3, -0.25) is 4.98 Å². The zero-order chi connectivity index (χ0) is 22.1. The zero-order valence-electron chi connectivity index (χ0n) is 18.3. The number of anilines is 1. The largest absolute Gasteiger partial charge is 0.479 e. The Balaban J connectivity index is 1.45. The lowest BCUT2D eigenvalue weighted by molar-refractivity contribution is 0.160. The van der Waals surface area contributed by atoms with Crippen LogP contribution in [0.4, 0.5) is 10.3 Å². The van der Waals surface area contributed by atoms with Gasteiger partial charge in [0.15, 0.2) is 0 Å². The summed E-state index contributed by atoms with van der Waals surface area (Å²) in [4.78, 5) is 11.2. The quantitative estimate of drug-likeness (QED) is 0.494. The van der Waals surface area contributed by atoms with Gasteiger partial charge >= 0.3 is 0 Å². The van der Waals surface area contributed by atoms with Gasteiger partial charge < -0.3 is 15.0 Å². The van der Waals surface area contributed by atoms with E-state index in [0.29, 0.717) is 24.3 Å². The fourth-order valence-corrected chi connectivity index (χ4v) is 4.61. The molecule has 0 saturated carbocycles. The molecule has 0 amide bonds. The normalized spacial score (nSPS) is 19.5. The van der Waals surface area contributed by atoms with Crippen LogP contribution in [0.1, 0.15) is 13.3 Å². The van der Waals surface area contributed by atoms with E-state index in [4.69, 9.17) is 9.84 Å². The number of rotatable bonds is 6. The summed E-state index contributed by atoms with van der Waals surface area (Å²) < 4.78 is 20.2. The van der Waals surface area contributed by atoms with Crippen molar-refractivity contribution in [3.63, 3.8) is 0 Å². The lowest BCUT2D eigenvalue weighted by Crippen LogP contribution is -2.46. The number of methoxy groups -OCH3 is 1. The number of nitrogens with one attached hydrogen (secondary N) is 1. The van der Waals surface area contributed by atoms with Gasteiger partial charge in [-0.05, 0) is 42.2 Å². The van der Waals surface area contributed by atoms with Crippen LogP contribution < -0.4 is 10.1 Å². The average molecular weight is 435 g/mol. The van der Waals surface area contributed by atoms with Crippen LogP contribution in [0.15, 0.2) is 48.8 Å². The molecule has 1 aliphatic heterocycles. The Morgan fingerprint density at radius 1 is 1.25 bits per heavy atom. The maximum atomic E-state index is 12.7. The second-order valence-electron chi connectivity index (χ2n) is 8.38. The van der Waals surface area contributed by atoms with Crippen molar-refractivity contribution in [1.82, 2.24) is 24.5 Å². The van der Waals surface area contributed by atoms with E-state index in [1.807, 2.05) is 28.9 Å². The Kier molecular flexibility index (Phi) is 5.61. The van der Waals surface area contributed by atoms with Crippen LogP contribution in [0.3, 0.4) is 0 Å². The summed E-state index contributed by atoms with van der Waals surface area (Å²) in [6.07, 6.45) is 4.65. The van der Waals surface area contributed by atoms with Crippen LogP contribution in [-0.4, -0.2) is 63.9 Å². The molecule has 0 radical (unpaired) electrons. The van der Waals surface area contributed by atoms with Crippen molar-refractivity contribution in [3.05, 3.63) is 48.8 Å². The number of alkyl halides is 1. The summed E-state index contributed by atoms with van der Waals surface area (Å²) in [7, 11) is 1.63. The number of pyridine rings is 1. The predicted octanol–water partition coefficient (Wildman–Crippen LogP) is 4.04. The van der Waals surface area contributed by atoms with E-state index >= 15 is 0 Å². The SMILES string of the molecule is COc1nc(N[C@H]2CCN(CCF)C[C@H]2C)nn2ccc(-c3ccc4ncccc4c3)c12. The topological polar surface area (TPSA) is 67.6 Å². The van der Waals surface area contributed by atoms with Crippen molar-refractivity contribution >= 4 is 22.4 Å². The highest BCUT2D eigenvalue weighted by atomic mass is 19.1. The van der Waals surface area contributed by atoms with Crippen LogP contribution in [0.2, 0.25) is 0 Å². The van der Waals surface area contributed by atoms with E-state index in [-0.39, 0.29) is 12.7 Å². The molecule has 2 atom stereocenters. The van der Waals surface area contributed by atoms with Crippen LogP contribution in [0, 0.1) is 5.92 Å². The zero-order valence-corrected chi connectivity index (χ0v) is 18.3. The molecule has 8 heteroatoms. The molecule has 1 saturated heterocycles. The molecule has 1 fully saturated rings. The number of hydrogen-bond donors (Lipinski definition) is 1. The predicted molar refractivity (Wildman–Crippen MR) is 124 cm³/mol. The number of fused-ring (bicyclic) bond motifs is 2. The lowest BCUT2D eigenvalue weighted by atomic mass is 9.94. The highest BCUT2D eigenvalue weighted by Gasteiger charge is 2.27. The summed E-state index contributed by atoms with van der Waals surface area (Å²) in [6, 6.07) is 12.5. The van der Waals surface area contributed by atoms with E-state index in [0.717, 1.165) is 47.1 Å². The summed E-state index contributed by atoms with van der Waals surface area (Å²) in [5.41, 5.74) is 3.85. The fraction of sp³-hybridized carbons (Fsp3) is 0.375. The minimum Gasteiger partial charge on any atom is -0.479 e. The number of nitrogens with zero attached hydrogens (tertiary/aromatic N) is 5. The summed E-state index contributed by atoms with van der Waals surface area (Å²) in [6.45, 7) is 4.12. The van der Waals surface area contributed by atoms with Gasteiger partial charge in [0, 0.05) is 49.0 Å². The third kappa shape index (κ3) is 3.86. The van der Waals surface area contributed by atoms with Crippen molar-refractivity contribution in [2.45, 2.75) is 19.4 Å².